The van der Waals surface area contributed by atoms with E-state index in [0.717, 1.165) is 16.5 Å². The van der Waals surface area contributed by atoms with Crippen molar-refractivity contribution in [3.63, 3.8) is 0 Å². The number of rotatable bonds is 5. The molecule has 2 N–H and O–H groups in total. The molecule has 1 aromatic carbocycles. The van der Waals surface area contributed by atoms with Gasteiger partial charge in [0.1, 0.15) is 11.3 Å². The Morgan fingerprint density at radius 3 is 2.68 bits per heavy atom. The van der Waals surface area contributed by atoms with E-state index in [2.05, 4.69) is 5.32 Å². The number of hydrogen-bond donors (Lipinski definition) is 2. The zero-order chi connectivity index (χ0) is 16.3. The van der Waals surface area contributed by atoms with Crippen LogP contribution in [0.15, 0.2) is 28.7 Å². The van der Waals surface area contributed by atoms with Crippen molar-refractivity contribution in [2.24, 2.45) is 0 Å². The number of para-hydroxylation sites is 1. The van der Waals surface area contributed by atoms with Crippen LogP contribution in [0.5, 0.6) is 0 Å². The van der Waals surface area contributed by atoms with Crippen LogP contribution in [-0.2, 0) is 4.79 Å². The minimum Gasteiger partial charge on any atom is -0.481 e. The molecule has 0 bridgehead atoms. The molecule has 1 aromatic heterocycles. The molecular weight excluding hydrogens is 284 g/mol. The summed E-state index contributed by atoms with van der Waals surface area (Å²) in [5, 5.41) is 12.5. The van der Waals surface area contributed by atoms with Crippen molar-refractivity contribution in [3.8, 4) is 0 Å². The molecule has 0 spiro atoms. The Morgan fingerprint density at radius 1 is 1.36 bits per heavy atom. The van der Waals surface area contributed by atoms with Crippen LogP contribution in [0.4, 0.5) is 4.79 Å². The Bertz CT molecular complexity index is 693. The quantitative estimate of drug-likeness (QED) is 0.889. The molecular formula is C16H20N2O4. The van der Waals surface area contributed by atoms with Gasteiger partial charge >= 0.3 is 12.0 Å². The van der Waals surface area contributed by atoms with E-state index in [1.165, 1.54) is 4.90 Å². The highest BCUT2D eigenvalue weighted by Gasteiger charge is 2.20. The Kier molecular flexibility index (Phi) is 4.70. The van der Waals surface area contributed by atoms with Crippen molar-refractivity contribution < 1.29 is 19.1 Å². The molecule has 0 unspecified atom stereocenters. The van der Waals surface area contributed by atoms with Crippen molar-refractivity contribution in [1.82, 2.24) is 10.2 Å². The summed E-state index contributed by atoms with van der Waals surface area (Å²) in [5.41, 5.74) is 1.78. The van der Waals surface area contributed by atoms with Gasteiger partial charge in [0.15, 0.2) is 0 Å². The number of hydrogen-bond acceptors (Lipinski definition) is 3. The van der Waals surface area contributed by atoms with Gasteiger partial charge in [-0.25, -0.2) is 4.79 Å². The molecule has 0 aliphatic heterocycles. The van der Waals surface area contributed by atoms with E-state index in [0.29, 0.717) is 5.76 Å². The maximum Gasteiger partial charge on any atom is 0.317 e. The first-order valence-corrected chi connectivity index (χ1v) is 7.11. The number of carbonyl (C=O) groups excluding carboxylic acids is 1. The first-order chi connectivity index (χ1) is 10.4. The number of carboxylic acids is 1. The first kappa shape index (κ1) is 15.9. The Labute approximate surface area is 128 Å². The highest BCUT2D eigenvalue weighted by Crippen LogP contribution is 2.29. The fraction of sp³-hybridized carbons (Fsp3) is 0.375. The molecule has 0 radical (unpaired) electrons. The van der Waals surface area contributed by atoms with Crippen LogP contribution in [0.3, 0.4) is 0 Å². The van der Waals surface area contributed by atoms with Crippen molar-refractivity contribution in [2.75, 3.05) is 13.6 Å². The molecule has 1 heterocycles. The number of carbonyl (C=O) groups is 2. The number of urea groups is 1. The van der Waals surface area contributed by atoms with Crippen LogP contribution in [-0.4, -0.2) is 35.6 Å². The van der Waals surface area contributed by atoms with E-state index in [4.69, 9.17) is 9.52 Å². The Morgan fingerprint density at radius 2 is 2.05 bits per heavy atom. The van der Waals surface area contributed by atoms with E-state index in [-0.39, 0.29) is 25.0 Å². The highest BCUT2D eigenvalue weighted by molar-refractivity contribution is 5.82. The molecule has 6 heteroatoms. The molecule has 0 aliphatic carbocycles. The third kappa shape index (κ3) is 3.39. The summed E-state index contributed by atoms with van der Waals surface area (Å²) in [6.07, 6.45) is -0.0814. The fourth-order valence-electron chi connectivity index (χ4n) is 2.33. The van der Waals surface area contributed by atoms with Crippen LogP contribution in [0.1, 0.15) is 30.7 Å². The lowest BCUT2D eigenvalue weighted by atomic mass is 10.1. The topological polar surface area (TPSA) is 82.8 Å². The molecule has 0 aliphatic rings. The SMILES string of the molecule is Cc1c([C@H](C)NC(=O)N(C)CCC(=O)O)oc2ccccc12. The molecule has 2 amide bonds. The second-order valence-electron chi connectivity index (χ2n) is 5.32. The number of benzene rings is 1. The molecule has 22 heavy (non-hydrogen) atoms. The highest BCUT2D eigenvalue weighted by atomic mass is 16.4. The number of aliphatic carboxylic acids is 1. The summed E-state index contributed by atoms with van der Waals surface area (Å²) in [4.78, 5) is 23.9. The largest absolute Gasteiger partial charge is 0.481 e. The van der Waals surface area contributed by atoms with Gasteiger partial charge in [-0.1, -0.05) is 18.2 Å². The van der Waals surface area contributed by atoms with Gasteiger partial charge in [-0.3, -0.25) is 4.79 Å². The van der Waals surface area contributed by atoms with Crippen LogP contribution in [0.2, 0.25) is 0 Å². The predicted octanol–water partition coefficient (Wildman–Crippen LogP) is 2.92. The maximum absolute atomic E-state index is 12.0. The number of carboxylic acid groups (broad SMARTS) is 1. The fourth-order valence-corrected chi connectivity index (χ4v) is 2.33. The Hall–Kier alpha value is -2.50. The minimum atomic E-state index is -0.930. The standard InChI is InChI=1S/C16H20N2O4/c1-10-12-6-4-5-7-13(12)22-15(10)11(2)17-16(21)18(3)9-8-14(19)20/h4-7,11H,8-9H2,1-3H3,(H,17,21)(H,19,20)/t11-/m0/s1. The van der Waals surface area contributed by atoms with Gasteiger partial charge in [0.05, 0.1) is 12.5 Å². The second-order valence-corrected chi connectivity index (χ2v) is 5.32. The monoisotopic (exact) mass is 304 g/mol. The first-order valence-electron chi connectivity index (χ1n) is 7.11. The lowest BCUT2D eigenvalue weighted by molar-refractivity contribution is -0.137. The maximum atomic E-state index is 12.0. The van der Waals surface area contributed by atoms with Gasteiger partial charge in [-0.05, 0) is 19.9 Å². The lowest BCUT2D eigenvalue weighted by Crippen LogP contribution is -2.39. The Balaban J connectivity index is 2.07. The van der Waals surface area contributed by atoms with Crippen LogP contribution in [0, 0.1) is 6.92 Å². The number of amides is 2. The molecule has 0 saturated carbocycles. The minimum absolute atomic E-state index is 0.0814. The van der Waals surface area contributed by atoms with Crippen molar-refractivity contribution in [1.29, 1.82) is 0 Å². The van der Waals surface area contributed by atoms with Crippen LogP contribution in [0.25, 0.3) is 11.0 Å². The van der Waals surface area contributed by atoms with Gasteiger partial charge in [0.25, 0.3) is 0 Å². The van der Waals surface area contributed by atoms with Gasteiger partial charge in [0.2, 0.25) is 0 Å². The number of furan rings is 1. The average molecular weight is 304 g/mol. The predicted molar refractivity (Wildman–Crippen MR) is 82.8 cm³/mol. The zero-order valence-corrected chi connectivity index (χ0v) is 12.9. The van der Waals surface area contributed by atoms with Gasteiger partial charge < -0.3 is 19.7 Å². The second kappa shape index (κ2) is 6.51. The summed E-state index contributed by atoms with van der Waals surface area (Å²) in [6, 6.07) is 7.08. The lowest BCUT2D eigenvalue weighted by Gasteiger charge is -2.20. The smallest absolute Gasteiger partial charge is 0.317 e. The van der Waals surface area contributed by atoms with Crippen LogP contribution >= 0.6 is 0 Å². The number of nitrogens with zero attached hydrogens (tertiary/aromatic N) is 1. The number of aryl methyl sites for hydroxylation is 1. The third-order valence-corrected chi connectivity index (χ3v) is 3.62. The van der Waals surface area contributed by atoms with Gasteiger partial charge in [-0.15, -0.1) is 0 Å². The van der Waals surface area contributed by atoms with Gasteiger partial charge in [-0.2, -0.15) is 0 Å². The summed E-state index contributed by atoms with van der Waals surface area (Å²) in [6.45, 7) is 3.96. The summed E-state index contributed by atoms with van der Waals surface area (Å²) in [5.74, 6) is -0.220. The number of nitrogens with one attached hydrogen (secondary N) is 1. The average Bonchev–Trinajstić information content (AvgIpc) is 2.82. The van der Waals surface area contributed by atoms with E-state index >= 15 is 0 Å². The van der Waals surface area contributed by atoms with E-state index in [1.54, 1.807) is 7.05 Å². The molecule has 1 atom stereocenters. The summed E-state index contributed by atoms with van der Waals surface area (Å²) < 4.78 is 5.81. The normalized spacial score (nSPS) is 12.1. The summed E-state index contributed by atoms with van der Waals surface area (Å²) >= 11 is 0. The van der Waals surface area contributed by atoms with E-state index in [1.807, 2.05) is 38.1 Å². The zero-order valence-electron chi connectivity index (χ0n) is 12.9. The van der Waals surface area contributed by atoms with Crippen LogP contribution < -0.4 is 5.32 Å². The molecule has 6 nitrogen and oxygen atoms in total. The van der Waals surface area contributed by atoms with Gasteiger partial charge in [0, 0.05) is 24.5 Å². The molecule has 118 valence electrons. The number of fused-ring (bicyclic) bond motifs is 1. The molecule has 0 fully saturated rings. The summed E-state index contributed by atoms with van der Waals surface area (Å²) in [7, 11) is 1.57. The van der Waals surface area contributed by atoms with E-state index < -0.39 is 5.97 Å². The van der Waals surface area contributed by atoms with Crippen molar-refractivity contribution >= 4 is 23.0 Å². The van der Waals surface area contributed by atoms with Crippen molar-refractivity contribution in [2.45, 2.75) is 26.3 Å². The van der Waals surface area contributed by atoms with Crippen molar-refractivity contribution in [3.05, 3.63) is 35.6 Å². The molecule has 2 aromatic rings. The van der Waals surface area contributed by atoms with E-state index in [9.17, 15) is 9.59 Å². The molecule has 2 rings (SSSR count). The third-order valence-electron chi connectivity index (χ3n) is 3.62. The molecule has 0 saturated heterocycles.